The molecule has 0 unspecified atom stereocenters. The summed E-state index contributed by atoms with van der Waals surface area (Å²) in [5.74, 6) is 0.682. The maximum atomic E-state index is 6.38. The fraction of sp³-hybridized carbons (Fsp3) is 0.600. The van der Waals surface area contributed by atoms with Gasteiger partial charge in [0.1, 0.15) is 0 Å². The van der Waals surface area contributed by atoms with Gasteiger partial charge in [0.2, 0.25) is 0 Å². The van der Waals surface area contributed by atoms with Crippen molar-refractivity contribution in [1.29, 1.82) is 0 Å². The number of hydrogen-bond acceptors (Lipinski definition) is 2. The van der Waals surface area contributed by atoms with Crippen LogP contribution in [0.2, 0.25) is 5.02 Å². The normalized spacial score (nSPS) is 19.1. The van der Waals surface area contributed by atoms with E-state index in [9.17, 15) is 0 Å². The summed E-state index contributed by atoms with van der Waals surface area (Å²) >= 11 is 6.38. The first-order valence-electron chi connectivity index (χ1n) is 6.87. The Morgan fingerprint density at radius 1 is 1.22 bits per heavy atom. The summed E-state index contributed by atoms with van der Waals surface area (Å²) in [6.45, 7) is 8.96. The minimum Gasteiger partial charge on any atom is -0.314 e. The summed E-state index contributed by atoms with van der Waals surface area (Å²) in [4.78, 5) is 2.57. The van der Waals surface area contributed by atoms with Crippen molar-refractivity contribution in [3.8, 4) is 0 Å². The van der Waals surface area contributed by atoms with E-state index in [0.717, 1.165) is 31.2 Å². The largest absolute Gasteiger partial charge is 0.314 e. The SMILES string of the molecule is CC(C)C[C@H](c1ccccc1Cl)N1CCNCC1. The van der Waals surface area contributed by atoms with E-state index in [1.165, 1.54) is 12.0 Å². The molecule has 0 spiro atoms. The second-order valence-corrected chi connectivity index (χ2v) is 5.86. The minimum absolute atomic E-state index is 0.459. The second-order valence-electron chi connectivity index (χ2n) is 5.45. The van der Waals surface area contributed by atoms with E-state index in [-0.39, 0.29) is 0 Å². The number of benzene rings is 1. The fourth-order valence-corrected chi connectivity index (χ4v) is 2.92. The number of nitrogens with zero attached hydrogens (tertiary/aromatic N) is 1. The molecule has 1 N–H and O–H groups in total. The van der Waals surface area contributed by atoms with Gasteiger partial charge in [-0.25, -0.2) is 0 Å². The van der Waals surface area contributed by atoms with Crippen molar-refractivity contribution in [3.63, 3.8) is 0 Å². The van der Waals surface area contributed by atoms with Crippen molar-refractivity contribution >= 4 is 11.6 Å². The quantitative estimate of drug-likeness (QED) is 0.899. The first kappa shape index (κ1) is 13.9. The molecule has 1 aromatic rings. The molecule has 0 bridgehead atoms. The highest BCUT2D eigenvalue weighted by Gasteiger charge is 2.24. The van der Waals surface area contributed by atoms with E-state index < -0.39 is 0 Å². The molecule has 2 nitrogen and oxygen atoms in total. The molecule has 1 aliphatic heterocycles. The molecule has 0 aromatic heterocycles. The highest BCUT2D eigenvalue weighted by Crippen LogP contribution is 2.32. The Bertz CT molecular complexity index is 373. The summed E-state index contributed by atoms with van der Waals surface area (Å²) in [5.41, 5.74) is 1.29. The lowest BCUT2D eigenvalue weighted by atomic mass is 9.95. The molecule has 0 saturated carbocycles. The van der Waals surface area contributed by atoms with Gasteiger partial charge in [0.25, 0.3) is 0 Å². The lowest BCUT2D eigenvalue weighted by Gasteiger charge is -2.36. The van der Waals surface area contributed by atoms with Gasteiger partial charge in [-0.3, -0.25) is 4.90 Å². The van der Waals surface area contributed by atoms with Gasteiger partial charge in [-0.05, 0) is 24.0 Å². The van der Waals surface area contributed by atoms with E-state index in [1.807, 2.05) is 12.1 Å². The van der Waals surface area contributed by atoms with Crippen LogP contribution in [0.25, 0.3) is 0 Å². The molecule has 100 valence electrons. The van der Waals surface area contributed by atoms with E-state index in [1.54, 1.807) is 0 Å². The van der Waals surface area contributed by atoms with Crippen LogP contribution < -0.4 is 5.32 Å². The topological polar surface area (TPSA) is 15.3 Å². The molecule has 1 atom stereocenters. The highest BCUT2D eigenvalue weighted by atomic mass is 35.5. The molecular weight excluding hydrogens is 244 g/mol. The Balaban J connectivity index is 2.21. The van der Waals surface area contributed by atoms with Gasteiger partial charge in [0.15, 0.2) is 0 Å². The fourth-order valence-electron chi connectivity index (χ4n) is 2.66. The number of hydrogen-bond donors (Lipinski definition) is 1. The third kappa shape index (κ3) is 3.47. The van der Waals surface area contributed by atoms with E-state index >= 15 is 0 Å². The van der Waals surface area contributed by atoms with Gasteiger partial charge in [-0.15, -0.1) is 0 Å². The summed E-state index contributed by atoms with van der Waals surface area (Å²) in [7, 11) is 0. The lowest BCUT2D eigenvalue weighted by molar-refractivity contribution is 0.154. The van der Waals surface area contributed by atoms with Crippen molar-refractivity contribution < 1.29 is 0 Å². The summed E-state index contributed by atoms with van der Waals surface area (Å²) in [6, 6.07) is 8.75. The zero-order valence-corrected chi connectivity index (χ0v) is 12.1. The van der Waals surface area contributed by atoms with Gasteiger partial charge in [0.05, 0.1) is 0 Å². The Kier molecular flexibility index (Phi) is 5.04. The Hall–Kier alpha value is -0.570. The molecule has 0 radical (unpaired) electrons. The first-order chi connectivity index (χ1) is 8.68. The Morgan fingerprint density at radius 3 is 2.50 bits per heavy atom. The van der Waals surface area contributed by atoms with Crippen molar-refractivity contribution in [2.45, 2.75) is 26.3 Å². The third-order valence-electron chi connectivity index (χ3n) is 3.55. The van der Waals surface area contributed by atoms with Crippen LogP contribution in [0.4, 0.5) is 0 Å². The molecule has 1 aliphatic rings. The molecule has 0 amide bonds. The van der Waals surface area contributed by atoms with Crippen LogP contribution in [0.5, 0.6) is 0 Å². The van der Waals surface area contributed by atoms with Crippen molar-refractivity contribution in [1.82, 2.24) is 10.2 Å². The van der Waals surface area contributed by atoms with Crippen LogP contribution in [-0.2, 0) is 0 Å². The molecule has 0 aliphatic carbocycles. The van der Waals surface area contributed by atoms with Crippen LogP contribution >= 0.6 is 11.6 Å². The molecule has 1 saturated heterocycles. The predicted molar refractivity (Wildman–Crippen MR) is 78.1 cm³/mol. The molecule has 1 fully saturated rings. The summed E-state index contributed by atoms with van der Waals surface area (Å²) in [6.07, 6.45) is 1.17. The van der Waals surface area contributed by atoms with Crippen molar-refractivity contribution in [2.24, 2.45) is 5.92 Å². The summed E-state index contributed by atoms with van der Waals surface area (Å²) < 4.78 is 0. The van der Waals surface area contributed by atoms with Crippen LogP contribution in [0.1, 0.15) is 31.9 Å². The number of nitrogens with one attached hydrogen (secondary N) is 1. The van der Waals surface area contributed by atoms with Gasteiger partial charge in [-0.2, -0.15) is 0 Å². The van der Waals surface area contributed by atoms with Gasteiger partial charge in [-0.1, -0.05) is 43.6 Å². The first-order valence-corrected chi connectivity index (χ1v) is 7.25. The monoisotopic (exact) mass is 266 g/mol. The maximum Gasteiger partial charge on any atom is 0.0453 e. The number of halogens is 1. The summed E-state index contributed by atoms with van der Waals surface area (Å²) in [5, 5.41) is 4.32. The van der Waals surface area contributed by atoms with E-state index in [4.69, 9.17) is 11.6 Å². The Labute approximate surface area is 115 Å². The highest BCUT2D eigenvalue weighted by molar-refractivity contribution is 6.31. The smallest absolute Gasteiger partial charge is 0.0453 e. The zero-order chi connectivity index (χ0) is 13.0. The Morgan fingerprint density at radius 2 is 1.89 bits per heavy atom. The van der Waals surface area contributed by atoms with Gasteiger partial charge in [0, 0.05) is 37.2 Å². The van der Waals surface area contributed by atoms with Crippen LogP contribution in [0, 0.1) is 5.92 Å². The van der Waals surface area contributed by atoms with Crippen LogP contribution in [0.3, 0.4) is 0 Å². The average Bonchev–Trinajstić information content (AvgIpc) is 2.38. The predicted octanol–water partition coefficient (Wildman–Crippen LogP) is 3.33. The molecule has 1 aromatic carbocycles. The maximum absolute atomic E-state index is 6.38. The molecule has 3 heteroatoms. The van der Waals surface area contributed by atoms with Crippen molar-refractivity contribution in [2.75, 3.05) is 26.2 Å². The third-order valence-corrected chi connectivity index (χ3v) is 3.90. The van der Waals surface area contributed by atoms with Crippen LogP contribution in [0.15, 0.2) is 24.3 Å². The molecule has 2 rings (SSSR count). The minimum atomic E-state index is 0.459. The molecular formula is C15H23ClN2. The van der Waals surface area contributed by atoms with E-state index in [2.05, 4.69) is 36.2 Å². The zero-order valence-electron chi connectivity index (χ0n) is 11.3. The number of piperazine rings is 1. The van der Waals surface area contributed by atoms with Crippen molar-refractivity contribution in [3.05, 3.63) is 34.9 Å². The lowest BCUT2D eigenvalue weighted by Crippen LogP contribution is -2.45. The number of rotatable bonds is 4. The van der Waals surface area contributed by atoms with Gasteiger partial charge < -0.3 is 5.32 Å². The molecule has 1 heterocycles. The van der Waals surface area contributed by atoms with Crippen LogP contribution in [-0.4, -0.2) is 31.1 Å². The van der Waals surface area contributed by atoms with Gasteiger partial charge >= 0.3 is 0 Å². The van der Waals surface area contributed by atoms with E-state index in [0.29, 0.717) is 12.0 Å². The standard InChI is InChI=1S/C15H23ClN2/c1-12(2)11-15(18-9-7-17-8-10-18)13-5-3-4-6-14(13)16/h3-6,12,15,17H,7-11H2,1-2H3/t15-/m1/s1. The average molecular weight is 267 g/mol. The molecule has 18 heavy (non-hydrogen) atoms. The second kappa shape index (κ2) is 6.55.